The van der Waals surface area contributed by atoms with Gasteiger partial charge in [-0.15, -0.1) is 0 Å². The van der Waals surface area contributed by atoms with E-state index >= 15 is 0 Å². The molecule has 0 saturated heterocycles. The van der Waals surface area contributed by atoms with Gasteiger partial charge in [0.2, 0.25) is 0 Å². The molecule has 0 amide bonds. The molecule has 0 saturated carbocycles. The normalized spacial score (nSPS) is 16.1. The predicted molar refractivity (Wildman–Crippen MR) is 60.8 cm³/mol. The van der Waals surface area contributed by atoms with Crippen molar-refractivity contribution in [2.45, 2.75) is 6.10 Å². The molecule has 4 heteroatoms. The van der Waals surface area contributed by atoms with Crippen molar-refractivity contribution < 1.29 is 14.6 Å². The lowest BCUT2D eigenvalue weighted by Crippen LogP contribution is -2.15. The minimum Gasteiger partial charge on any atom is -0.486 e. The summed E-state index contributed by atoms with van der Waals surface area (Å²) in [6, 6.07) is 5.59. The van der Waals surface area contributed by atoms with Gasteiger partial charge in [0.25, 0.3) is 0 Å². The second-order valence-electron chi connectivity index (χ2n) is 3.37. The number of benzene rings is 1. The van der Waals surface area contributed by atoms with Gasteiger partial charge in [-0.3, -0.25) is 0 Å². The summed E-state index contributed by atoms with van der Waals surface area (Å²) in [6.45, 7) is 1.18. The van der Waals surface area contributed by atoms with Gasteiger partial charge >= 0.3 is 0 Å². The third-order valence-electron chi connectivity index (χ3n) is 2.28. The van der Waals surface area contributed by atoms with Crippen molar-refractivity contribution in [2.24, 2.45) is 0 Å². The fraction of sp³-hybridized carbons (Fsp3) is 0.455. The molecule has 1 aliphatic heterocycles. The monoisotopic (exact) mass is 226 g/mol. The van der Waals surface area contributed by atoms with Crippen molar-refractivity contribution in [3.05, 3.63) is 23.8 Å². The van der Waals surface area contributed by atoms with Gasteiger partial charge < -0.3 is 14.6 Å². The van der Waals surface area contributed by atoms with E-state index in [4.69, 9.17) is 9.47 Å². The molecular weight excluding hydrogens is 212 g/mol. The van der Waals surface area contributed by atoms with Gasteiger partial charge in [-0.2, -0.15) is 11.8 Å². The molecule has 0 aromatic heterocycles. The first-order valence-corrected chi connectivity index (χ1v) is 6.27. The van der Waals surface area contributed by atoms with Gasteiger partial charge in [0.1, 0.15) is 13.2 Å². The number of hydrogen-bond acceptors (Lipinski definition) is 4. The highest BCUT2D eigenvalue weighted by molar-refractivity contribution is 7.98. The fourth-order valence-electron chi connectivity index (χ4n) is 1.52. The van der Waals surface area contributed by atoms with Crippen molar-refractivity contribution in [3.8, 4) is 11.5 Å². The molecule has 0 fully saturated rings. The summed E-state index contributed by atoms with van der Waals surface area (Å²) in [5, 5.41) is 9.80. The minimum absolute atomic E-state index is 0.434. The molecule has 2 rings (SSSR count). The van der Waals surface area contributed by atoms with E-state index in [1.165, 1.54) is 0 Å². The Morgan fingerprint density at radius 2 is 2.07 bits per heavy atom. The lowest BCUT2D eigenvalue weighted by molar-refractivity contribution is 0.169. The van der Waals surface area contributed by atoms with E-state index in [-0.39, 0.29) is 0 Å². The number of fused-ring (bicyclic) bond motifs is 1. The largest absolute Gasteiger partial charge is 0.486 e. The number of ether oxygens (including phenoxy) is 2. The molecule has 1 unspecified atom stereocenters. The molecule has 0 aliphatic carbocycles. The van der Waals surface area contributed by atoms with E-state index in [9.17, 15) is 5.11 Å². The Kier molecular flexibility index (Phi) is 3.38. The van der Waals surface area contributed by atoms with E-state index < -0.39 is 6.10 Å². The number of hydrogen-bond donors (Lipinski definition) is 1. The van der Waals surface area contributed by atoms with Gasteiger partial charge in [0.15, 0.2) is 11.5 Å². The van der Waals surface area contributed by atoms with Crippen LogP contribution in [0.15, 0.2) is 18.2 Å². The first kappa shape index (κ1) is 10.6. The minimum atomic E-state index is -0.434. The molecule has 1 aliphatic rings. The summed E-state index contributed by atoms with van der Waals surface area (Å²) < 4.78 is 10.9. The van der Waals surface area contributed by atoms with Crippen LogP contribution in [-0.4, -0.2) is 30.3 Å². The van der Waals surface area contributed by atoms with E-state index in [1.807, 2.05) is 24.5 Å². The average Bonchev–Trinajstić information content (AvgIpc) is 2.29. The molecule has 82 valence electrons. The Bertz CT molecular complexity index is 341. The molecule has 0 spiro atoms. The third-order valence-corrected chi connectivity index (χ3v) is 2.92. The lowest BCUT2D eigenvalue weighted by atomic mass is 10.1. The zero-order chi connectivity index (χ0) is 10.7. The lowest BCUT2D eigenvalue weighted by Gasteiger charge is -2.20. The molecule has 1 N–H and O–H groups in total. The van der Waals surface area contributed by atoms with Crippen LogP contribution >= 0.6 is 11.8 Å². The highest BCUT2D eigenvalue weighted by atomic mass is 32.2. The van der Waals surface area contributed by atoms with E-state index in [1.54, 1.807) is 11.8 Å². The SMILES string of the molecule is CSCC(O)c1ccc2c(c1)OCCO2. The maximum atomic E-state index is 9.80. The molecule has 1 atom stereocenters. The van der Waals surface area contributed by atoms with Crippen molar-refractivity contribution in [1.29, 1.82) is 0 Å². The fourth-order valence-corrected chi connectivity index (χ4v) is 2.03. The number of thioether (sulfide) groups is 1. The molecule has 1 aromatic carbocycles. The second kappa shape index (κ2) is 4.77. The van der Waals surface area contributed by atoms with Crippen LogP contribution in [0.4, 0.5) is 0 Å². The van der Waals surface area contributed by atoms with Crippen LogP contribution in [0.1, 0.15) is 11.7 Å². The topological polar surface area (TPSA) is 38.7 Å². The van der Waals surface area contributed by atoms with Crippen molar-refractivity contribution in [1.82, 2.24) is 0 Å². The molecule has 0 bridgehead atoms. The summed E-state index contributed by atoms with van der Waals surface area (Å²) in [4.78, 5) is 0. The van der Waals surface area contributed by atoms with Crippen LogP contribution in [0.25, 0.3) is 0 Å². The molecular formula is C11H14O3S. The van der Waals surface area contributed by atoms with Crippen LogP contribution in [0, 0.1) is 0 Å². The molecule has 1 aromatic rings. The van der Waals surface area contributed by atoms with E-state index in [0.29, 0.717) is 19.0 Å². The Hall–Kier alpha value is -0.870. The zero-order valence-corrected chi connectivity index (χ0v) is 9.42. The third kappa shape index (κ3) is 2.38. The molecule has 1 heterocycles. The highest BCUT2D eigenvalue weighted by Crippen LogP contribution is 2.33. The Balaban J connectivity index is 2.20. The average molecular weight is 226 g/mol. The summed E-state index contributed by atoms with van der Waals surface area (Å²) in [7, 11) is 0. The van der Waals surface area contributed by atoms with Crippen LogP contribution < -0.4 is 9.47 Å². The van der Waals surface area contributed by atoms with Crippen molar-refractivity contribution in [3.63, 3.8) is 0 Å². The second-order valence-corrected chi connectivity index (χ2v) is 4.28. The maximum Gasteiger partial charge on any atom is 0.161 e. The Morgan fingerprint density at radius 1 is 1.33 bits per heavy atom. The van der Waals surface area contributed by atoms with Crippen molar-refractivity contribution in [2.75, 3.05) is 25.2 Å². The standard InChI is InChI=1S/C11H14O3S/c1-15-7-9(12)8-2-3-10-11(6-8)14-5-4-13-10/h2-3,6,9,12H,4-5,7H2,1H3. The summed E-state index contributed by atoms with van der Waals surface area (Å²) >= 11 is 1.62. The summed E-state index contributed by atoms with van der Waals surface area (Å²) in [5.41, 5.74) is 0.883. The van der Waals surface area contributed by atoms with Gasteiger partial charge in [0, 0.05) is 5.75 Å². The summed E-state index contributed by atoms with van der Waals surface area (Å²) in [6.07, 6.45) is 1.54. The number of aliphatic hydroxyl groups excluding tert-OH is 1. The van der Waals surface area contributed by atoms with E-state index in [2.05, 4.69) is 0 Å². The molecule has 0 radical (unpaired) electrons. The number of rotatable bonds is 3. The Labute approximate surface area is 93.4 Å². The van der Waals surface area contributed by atoms with Crippen LogP contribution in [-0.2, 0) is 0 Å². The first-order chi connectivity index (χ1) is 7.31. The summed E-state index contributed by atoms with van der Waals surface area (Å²) in [5.74, 6) is 2.19. The van der Waals surface area contributed by atoms with E-state index in [0.717, 1.165) is 17.1 Å². The van der Waals surface area contributed by atoms with Gasteiger partial charge in [-0.05, 0) is 24.0 Å². The first-order valence-electron chi connectivity index (χ1n) is 4.88. The molecule has 15 heavy (non-hydrogen) atoms. The predicted octanol–water partition coefficient (Wildman–Crippen LogP) is 1.85. The quantitative estimate of drug-likeness (QED) is 0.853. The zero-order valence-electron chi connectivity index (χ0n) is 8.60. The molecule has 3 nitrogen and oxygen atoms in total. The highest BCUT2D eigenvalue weighted by Gasteiger charge is 2.14. The number of aliphatic hydroxyl groups is 1. The maximum absolute atomic E-state index is 9.80. The van der Waals surface area contributed by atoms with Gasteiger partial charge in [-0.25, -0.2) is 0 Å². The smallest absolute Gasteiger partial charge is 0.161 e. The Morgan fingerprint density at radius 3 is 2.80 bits per heavy atom. The van der Waals surface area contributed by atoms with Crippen LogP contribution in [0.3, 0.4) is 0 Å². The van der Waals surface area contributed by atoms with Crippen LogP contribution in [0.5, 0.6) is 11.5 Å². The van der Waals surface area contributed by atoms with Gasteiger partial charge in [-0.1, -0.05) is 6.07 Å². The van der Waals surface area contributed by atoms with Crippen molar-refractivity contribution >= 4 is 11.8 Å². The van der Waals surface area contributed by atoms with Crippen LogP contribution in [0.2, 0.25) is 0 Å². The van der Waals surface area contributed by atoms with Gasteiger partial charge in [0.05, 0.1) is 6.10 Å².